The number of carboxylic acids is 1. The number of carbonyl (C=O) groups is 1. The highest BCUT2D eigenvalue weighted by atomic mass is 16.4. The number of aromatic amines is 2. The summed E-state index contributed by atoms with van der Waals surface area (Å²) in [5, 5.41) is 22.3. The summed E-state index contributed by atoms with van der Waals surface area (Å²) in [7, 11) is 0. The molecule has 6 heteroatoms. The minimum absolute atomic E-state index is 0.122. The molecule has 76 valence electrons. The largest absolute Gasteiger partial charge is 0.476 e. The van der Waals surface area contributed by atoms with Gasteiger partial charge >= 0.3 is 5.97 Å². The first-order valence-corrected chi connectivity index (χ1v) is 4.60. The SMILES string of the molecule is O=C(O)c1n[nH]c2c1CCc1[nH]ncc1-2. The summed E-state index contributed by atoms with van der Waals surface area (Å²) in [6.45, 7) is 0. The van der Waals surface area contributed by atoms with E-state index < -0.39 is 5.97 Å². The second kappa shape index (κ2) is 2.69. The zero-order valence-corrected chi connectivity index (χ0v) is 7.74. The lowest BCUT2D eigenvalue weighted by Gasteiger charge is -2.10. The smallest absolute Gasteiger partial charge is 0.356 e. The van der Waals surface area contributed by atoms with E-state index in [0.717, 1.165) is 28.9 Å². The topological polar surface area (TPSA) is 94.7 Å². The fourth-order valence-electron chi connectivity index (χ4n) is 1.98. The van der Waals surface area contributed by atoms with Gasteiger partial charge in [0.1, 0.15) is 0 Å². The second-order valence-electron chi connectivity index (χ2n) is 3.49. The van der Waals surface area contributed by atoms with Gasteiger partial charge in [-0.2, -0.15) is 10.2 Å². The molecule has 0 aliphatic heterocycles. The zero-order chi connectivity index (χ0) is 10.4. The van der Waals surface area contributed by atoms with Crippen LogP contribution < -0.4 is 0 Å². The molecule has 0 saturated carbocycles. The summed E-state index contributed by atoms with van der Waals surface area (Å²) in [6, 6.07) is 0. The van der Waals surface area contributed by atoms with E-state index >= 15 is 0 Å². The van der Waals surface area contributed by atoms with E-state index in [2.05, 4.69) is 20.4 Å². The normalized spacial score (nSPS) is 13.3. The zero-order valence-electron chi connectivity index (χ0n) is 7.74. The molecule has 0 bridgehead atoms. The van der Waals surface area contributed by atoms with Gasteiger partial charge in [-0.15, -0.1) is 0 Å². The Hall–Kier alpha value is -2.11. The Morgan fingerprint density at radius 2 is 2.27 bits per heavy atom. The standard InChI is InChI=1S/C9H8N4O2/c14-9(15)8-4-1-2-6-5(3-10-11-6)7(4)12-13-8/h3H,1-2H2,(H,10,11)(H,12,13)(H,14,15). The molecule has 0 spiro atoms. The summed E-state index contributed by atoms with van der Waals surface area (Å²) >= 11 is 0. The van der Waals surface area contributed by atoms with Gasteiger partial charge in [-0.1, -0.05) is 0 Å². The number of carboxylic acid groups (broad SMARTS) is 1. The third-order valence-electron chi connectivity index (χ3n) is 2.68. The van der Waals surface area contributed by atoms with Gasteiger partial charge in [0, 0.05) is 16.8 Å². The molecular weight excluding hydrogens is 196 g/mol. The fourth-order valence-corrected chi connectivity index (χ4v) is 1.98. The van der Waals surface area contributed by atoms with E-state index in [1.807, 2.05) is 0 Å². The summed E-state index contributed by atoms with van der Waals surface area (Å²) in [6.07, 6.45) is 3.15. The Balaban J connectivity index is 2.23. The van der Waals surface area contributed by atoms with Crippen LogP contribution >= 0.6 is 0 Å². The van der Waals surface area contributed by atoms with Crippen molar-refractivity contribution in [2.75, 3.05) is 0 Å². The van der Waals surface area contributed by atoms with E-state index in [4.69, 9.17) is 5.11 Å². The van der Waals surface area contributed by atoms with Gasteiger partial charge in [0.15, 0.2) is 5.69 Å². The molecule has 15 heavy (non-hydrogen) atoms. The number of aryl methyl sites for hydroxylation is 1. The first-order chi connectivity index (χ1) is 7.27. The van der Waals surface area contributed by atoms with Crippen molar-refractivity contribution in [3.63, 3.8) is 0 Å². The minimum atomic E-state index is -0.987. The number of nitrogens with one attached hydrogen (secondary N) is 2. The average Bonchev–Trinajstić information content (AvgIpc) is 2.82. The molecule has 0 fully saturated rings. The van der Waals surface area contributed by atoms with Crippen LogP contribution in [0.4, 0.5) is 0 Å². The molecule has 0 unspecified atom stereocenters. The van der Waals surface area contributed by atoms with Crippen LogP contribution in [0.25, 0.3) is 11.3 Å². The molecule has 2 heterocycles. The lowest BCUT2D eigenvalue weighted by molar-refractivity contribution is 0.0689. The maximum absolute atomic E-state index is 10.9. The Morgan fingerprint density at radius 3 is 3.07 bits per heavy atom. The molecule has 2 aromatic heterocycles. The highest BCUT2D eigenvalue weighted by molar-refractivity contribution is 5.90. The van der Waals surface area contributed by atoms with Crippen molar-refractivity contribution in [2.45, 2.75) is 12.8 Å². The van der Waals surface area contributed by atoms with Crippen molar-refractivity contribution in [3.05, 3.63) is 23.1 Å². The van der Waals surface area contributed by atoms with Crippen LogP contribution in [0.15, 0.2) is 6.20 Å². The lowest BCUT2D eigenvalue weighted by Crippen LogP contribution is -2.06. The van der Waals surface area contributed by atoms with E-state index in [0.29, 0.717) is 6.42 Å². The van der Waals surface area contributed by atoms with Crippen LogP contribution in [0, 0.1) is 0 Å². The van der Waals surface area contributed by atoms with Crippen LogP contribution in [0.3, 0.4) is 0 Å². The molecule has 0 saturated heterocycles. The highest BCUT2D eigenvalue weighted by Crippen LogP contribution is 2.31. The highest BCUT2D eigenvalue weighted by Gasteiger charge is 2.25. The number of fused-ring (bicyclic) bond motifs is 3. The summed E-state index contributed by atoms with van der Waals surface area (Å²) in [5.74, 6) is -0.987. The Morgan fingerprint density at radius 1 is 1.40 bits per heavy atom. The quantitative estimate of drug-likeness (QED) is 0.633. The predicted molar refractivity (Wildman–Crippen MR) is 50.5 cm³/mol. The molecule has 3 N–H and O–H groups in total. The Kier molecular flexibility index (Phi) is 1.47. The number of rotatable bonds is 1. The third kappa shape index (κ3) is 1.01. The van der Waals surface area contributed by atoms with Crippen LogP contribution in [0.5, 0.6) is 0 Å². The van der Waals surface area contributed by atoms with E-state index in [9.17, 15) is 4.79 Å². The molecule has 2 aromatic rings. The van der Waals surface area contributed by atoms with Gasteiger partial charge in [-0.05, 0) is 12.8 Å². The number of hydrogen-bond acceptors (Lipinski definition) is 3. The number of nitrogens with zero attached hydrogens (tertiary/aromatic N) is 2. The number of H-pyrrole nitrogens is 2. The number of aromatic carboxylic acids is 1. The Labute approximate surface area is 84.3 Å². The van der Waals surface area contributed by atoms with Crippen LogP contribution in [0.1, 0.15) is 21.7 Å². The van der Waals surface area contributed by atoms with Crippen LogP contribution in [-0.2, 0) is 12.8 Å². The van der Waals surface area contributed by atoms with Crippen molar-refractivity contribution < 1.29 is 9.90 Å². The Bertz CT molecular complexity index is 540. The lowest BCUT2D eigenvalue weighted by atomic mass is 9.94. The first-order valence-electron chi connectivity index (χ1n) is 4.60. The van der Waals surface area contributed by atoms with Crippen LogP contribution in [-0.4, -0.2) is 31.5 Å². The van der Waals surface area contributed by atoms with Gasteiger partial charge in [0.25, 0.3) is 0 Å². The van der Waals surface area contributed by atoms with Crippen molar-refractivity contribution >= 4 is 5.97 Å². The maximum Gasteiger partial charge on any atom is 0.356 e. The van der Waals surface area contributed by atoms with Gasteiger partial charge < -0.3 is 5.11 Å². The minimum Gasteiger partial charge on any atom is -0.476 e. The predicted octanol–water partition coefficient (Wildman–Crippen LogP) is 0.597. The summed E-state index contributed by atoms with van der Waals surface area (Å²) < 4.78 is 0. The number of hydrogen-bond donors (Lipinski definition) is 3. The van der Waals surface area contributed by atoms with Gasteiger partial charge in [0.05, 0.1) is 11.9 Å². The van der Waals surface area contributed by atoms with Crippen molar-refractivity contribution in [3.8, 4) is 11.3 Å². The molecule has 0 amide bonds. The second-order valence-corrected chi connectivity index (χ2v) is 3.49. The molecule has 3 rings (SSSR count). The summed E-state index contributed by atoms with van der Waals surface area (Å²) in [5.41, 5.74) is 3.63. The molecule has 1 aliphatic carbocycles. The average molecular weight is 204 g/mol. The van der Waals surface area contributed by atoms with Gasteiger partial charge in [0.2, 0.25) is 0 Å². The number of aromatic nitrogens is 4. The fraction of sp³-hybridized carbons (Fsp3) is 0.222. The monoisotopic (exact) mass is 204 g/mol. The molecule has 1 aliphatic rings. The van der Waals surface area contributed by atoms with E-state index in [1.165, 1.54) is 0 Å². The van der Waals surface area contributed by atoms with E-state index in [-0.39, 0.29) is 5.69 Å². The van der Waals surface area contributed by atoms with E-state index in [1.54, 1.807) is 6.20 Å². The third-order valence-corrected chi connectivity index (χ3v) is 2.68. The first kappa shape index (κ1) is 8.22. The van der Waals surface area contributed by atoms with Crippen molar-refractivity contribution in [1.29, 1.82) is 0 Å². The molecule has 0 aromatic carbocycles. The van der Waals surface area contributed by atoms with Crippen molar-refractivity contribution in [1.82, 2.24) is 20.4 Å². The summed E-state index contributed by atoms with van der Waals surface area (Å²) in [4.78, 5) is 10.9. The van der Waals surface area contributed by atoms with Crippen LogP contribution in [0.2, 0.25) is 0 Å². The van der Waals surface area contributed by atoms with Gasteiger partial charge in [-0.25, -0.2) is 4.79 Å². The molecular formula is C9H8N4O2. The molecule has 6 nitrogen and oxygen atoms in total. The molecule has 0 radical (unpaired) electrons. The van der Waals surface area contributed by atoms with Crippen molar-refractivity contribution in [2.24, 2.45) is 0 Å². The van der Waals surface area contributed by atoms with Gasteiger partial charge in [-0.3, -0.25) is 10.2 Å². The molecule has 0 atom stereocenters. The maximum atomic E-state index is 10.9.